The minimum absolute atomic E-state index is 0.0341. The Hall–Kier alpha value is -5.06. The molecular formula is C85H142O17P2. The fourth-order valence-electron chi connectivity index (χ4n) is 10.3. The third kappa shape index (κ3) is 75.2. The zero-order valence-corrected chi connectivity index (χ0v) is 66.7. The van der Waals surface area contributed by atoms with Gasteiger partial charge in [-0.2, -0.15) is 0 Å². The molecule has 0 aromatic rings. The highest BCUT2D eigenvalue weighted by molar-refractivity contribution is 7.47. The number of rotatable bonds is 74. The largest absolute Gasteiger partial charge is 0.472 e. The van der Waals surface area contributed by atoms with Crippen LogP contribution in [0.4, 0.5) is 0 Å². The van der Waals surface area contributed by atoms with Crippen LogP contribution in [-0.4, -0.2) is 96.7 Å². The average molecular weight is 1500 g/mol. The number of phosphoric ester groups is 2. The van der Waals surface area contributed by atoms with Gasteiger partial charge in [0.15, 0.2) is 12.2 Å². The van der Waals surface area contributed by atoms with E-state index in [0.717, 1.165) is 148 Å². The molecule has 0 spiro atoms. The van der Waals surface area contributed by atoms with Crippen molar-refractivity contribution in [1.29, 1.82) is 0 Å². The van der Waals surface area contributed by atoms with Crippen LogP contribution < -0.4 is 0 Å². The van der Waals surface area contributed by atoms with Crippen LogP contribution in [0.1, 0.15) is 310 Å². The van der Waals surface area contributed by atoms with Gasteiger partial charge in [-0.25, -0.2) is 9.13 Å². The lowest BCUT2D eigenvalue weighted by atomic mass is 10.0. The van der Waals surface area contributed by atoms with Gasteiger partial charge >= 0.3 is 39.5 Å². The highest BCUT2D eigenvalue weighted by Gasteiger charge is 2.30. The standard InChI is InChI=1S/C85H142O17P2/c1-5-9-13-17-21-25-29-33-35-37-39-41-43-47-49-53-57-61-65-69-82(87)95-75-80(101-84(89)71-67-63-59-55-51-45-31-27-23-19-15-11-7-3)77-99-103(91,92)97-73-79(86)74-98-104(93,94)100-78-81(102-85(90)72-68-64-60-56-52-46-32-28-24-20-16-12-8-4)76-96-83(88)70-66-62-58-54-50-48-44-42-40-38-36-34-30-26-22-18-14-10-6-2/h9-10,13-14,21-22,25-27,31,33-36,39-42,47-50,58,62,79-81,86H,5-8,11-12,15-20,23-24,28-30,32,37-38,43-46,51-57,59-61,63-78H2,1-4H3,(H,91,92)(H,93,94)/b13-9-,14-10-,25-21-,26-22-,31-27-,35-33-,36-34-,41-39-,42-40-,49-47-,50-48-,62-58-. The number of aliphatic hydroxyl groups is 1. The van der Waals surface area contributed by atoms with Crippen molar-refractivity contribution in [3.63, 3.8) is 0 Å². The Kier molecular flexibility index (Phi) is 72.4. The van der Waals surface area contributed by atoms with E-state index in [1.54, 1.807) is 0 Å². The summed E-state index contributed by atoms with van der Waals surface area (Å²) < 4.78 is 68.5. The number of carbonyl (C=O) groups excluding carboxylic acids is 4. The second-order valence-electron chi connectivity index (χ2n) is 26.2. The van der Waals surface area contributed by atoms with Crippen molar-refractivity contribution in [2.75, 3.05) is 39.6 Å². The molecule has 0 radical (unpaired) electrons. The van der Waals surface area contributed by atoms with E-state index in [1.807, 2.05) is 18.2 Å². The molecule has 0 aliphatic carbocycles. The van der Waals surface area contributed by atoms with E-state index in [-0.39, 0.29) is 25.7 Å². The molecule has 0 amide bonds. The molecule has 3 N–H and O–H groups in total. The molecule has 5 unspecified atom stereocenters. The molecule has 104 heavy (non-hydrogen) atoms. The minimum atomic E-state index is -5.00. The van der Waals surface area contributed by atoms with Crippen molar-refractivity contribution in [3.8, 4) is 0 Å². The van der Waals surface area contributed by atoms with E-state index in [9.17, 15) is 43.2 Å². The highest BCUT2D eigenvalue weighted by Crippen LogP contribution is 2.45. The molecule has 0 bridgehead atoms. The van der Waals surface area contributed by atoms with Crippen LogP contribution >= 0.6 is 15.6 Å². The van der Waals surface area contributed by atoms with Crippen molar-refractivity contribution >= 4 is 39.5 Å². The summed E-state index contributed by atoms with van der Waals surface area (Å²) in [6.07, 6.45) is 87.0. The molecular weight excluding hydrogens is 1350 g/mol. The van der Waals surface area contributed by atoms with Gasteiger partial charge in [0.25, 0.3) is 0 Å². The maximum atomic E-state index is 13.1. The normalized spacial score (nSPS) is 14.6. The second kappa shape index (κ2) is 76.1. The van der Waals surface area contributed by atoms with E-state index < -0.39 is 97.5 Å². The van der Waals surface area contributed by atoms with Crippen LogP contribution in [0.15, 0.2) is 146 Å². The maximum absolute atomic E-state index is 13.1. The minimum Gasteiger partial charge on any atom is -0.462 e. The molecule has 0 aliphatic rings. The van der Waals surface area contributed by atoms with Crippen molar-refractivity contribution in [3.05, 3.63) is 146 Å². The van der Waals surface area contributed by atoms with Crippen LogP contribution in [-0.2, 0) is 65.4 Å². The van der Waals surface area contributed by atoms with Crippen molar-refractivity contribution in [1.82, 2.24) is 0 Å². The van der Waals surface area contributed by atoms with Gasteiger partial charge in [0.2, 0.25) is 0 Å². The van der Waals surface area contributed by atoms with E-state index in [0.29, 0.717) is 32.1 Å². The number of ether oxygens (including phenoxy) is 4. The van der Waals surface area contributed by atoms with Crippen LogP contribution in [0.25, 0.3) is 0 Å². The first-order chi connectivity index (χ1) is 50.7. The summed E-state index contributed by atoms with van der Waals surface area (Å²) in [5.41, 5.74) is 0. The van der Waals surface area contributed by atoms with Crippen molar-refractivity contribution < 1.29 is 80.2 Å². The zero-order valence-electron chi connectivity index (χ0n) is 64.9. The molecule has 0 heterocycles. The summed E-state index contributed by atoms with van der Waals surface area (Å²) in [4.78, 5) is 73.0. The number of aliphatic hydroxyl groups excluding tert-OH is 1. The fraction of sp³-hybridized carbons (Fsp3) is 0.671. The van der Waals surface area contributed by atoms with E-state index >= 15 is 0 Å². The van der Waals surface area contributed by atoms with E-state index in [2.05, 4.69) is 155 Å². The summed E-state index contributed by atoms with van der Waals surface area (Å²) in [7, 11) is -9.99. The maximum Gasteiger partial charge on any atom is 0.472 e. The summed E-state index contributed by atoms with van der Waals surface area (Å²) >= 11 is 0. The Labute approximate surface area is 630 Å². The number of carbonyl (C=O) groups is 4. The van der Waals surface area contributed by atoms with Crippen LogP contribution in [0.2, 0.25) is 0 Å². The van der Waals surface area contributed by atoms with Gasteiger partial charge in [-0.1, -0.05) is 296 Å². The number of hydrogen-bond donors (Lipinski definition) is 3. The zero-order chi connectivity index (χ0) is 76.0. The van der Waals surface area contributed by atoms with Gasteiger partial charge in [-0.15, -0.1) is 0 Å². The van der Waals surface area contributed by atoms with Gasteiger partial charge in [-0.3, -0.25) is 37.3 Å². The monoisotopic (exact) mass is 1500 g/mol. The predicted octanol–water partition coefficient (Wildman–Crippen LogP) is 23.4. The molecule has 17 nitrogen and oxygen atoms in total. The summed E-state index contributed by atoms with van der Waals surface area (Å²) in [6.45, 7) is 4.51. The quantitative estimate of drug-likeness (QED) is 0.0169. The topological polar surface area (TPSA) is 237 Å². The van der Waals surface area contributed by atoms with Gasteiger partial charge in [0, 0.05) is 25.7 Å². The molecule has 0 aliphatic heterocycles. The lowest BCUT2D eigenvalue weighted by molar-refractivity contribution is -0.161. The Morgan fingerprint density at radius 3 is 0.856 bits per heavy atom. The molecule has 0 fully saturated rings. The molecule has 0 aromatic heterocycles. The number of phosphoric acid groups is 2. The van der Waals surface area contributed by atoms with E-state index in [1.165, 1.54) is 77.0 Å². The van der Waals surface area contributed by atoms with Gasteiger partial charge < -0.3 is 33.8 Å². The number of unbranched alkanes of at least 4 members (excludes halogenated alkanes) is 24. The Bertz CT molecular complexity index is 2540. The molecule has 5 atom stereocenters. The first kappa shape index (κ1) is 98.9. The number of esters is 4. The third-order valence-corrected chi connectivity index (χ3v) is 18.2. The van der Waals surface area contributed by atoms with E-state index in [4.69, 9.17) is 37.0 Å². The van der Waals surface area contributed by atoms with Crippen molar-refractivity contribution in [2.24, 2.45) is 0 Å². The molecule has 0 saturated heterocycles. The van der Waals surface area contributed by atoms with Crippen LogP contribution in [0.5, 0.6) is 0 Å². The van der Waals surface area contributed by atoms with Gasteiger partial charge in [0.1, 0.15) is 19.3 Å². The Balaban J connectivity index is 5.43. The highest BCUT2D eigenvalue weighted by atomic mass is 31.2. The van der Waals surface area contributed by atoms with Crippen molar-refractivity contribution in [2.45, 2.75) is 329 Å². The predicted molar refractivity (Wildman–Crippen MR) is 427 cm³/mol. The number of allylic oxidation sites excluding steroid dienone is 24. The van der Waals surface area contributed by atoms with Crippen LogP contribution in [0.3, 0.4) is 0 Å². The Morgan fingerprint density at radius 1 is 0.279 bits per heavy atom. The van der Waals surface area contributed by atoms with Crippen LogP contribution in [0, 0.1) is 0 Å². The Morgan fingerprint density at radius 2 is 0.519 bits per heavy atom. The smallest absolute Gasteiger partial charge is 0.462 e. The molecule has 19 heteroatoms. The van der Waals surface area contributed by atoms with Gasteiger partial charge in [-0.05, 0) is 135 Å². The first-order valence-corrected chi connectivity index (χ1v) is 43.1. The summed E-state index contributed by atoms with van der Waals surface area (Å²) in [5, 5.41) is 10.6. The lowest BCUT2D eigenvalue weighted by Gasteiger charge is -2.21. The second-order valence-corrected chi connectivity index (χ2v) is 29.2. The SMILES string of the molecule is CC/C=C\C/C=C\C/C=C\C/C=C\C/C=C\C/C=C\CCC(=O)OCC(COP(=O)(O)OCC(O)COP(=O)(O)OCC(COC(=O)CCCCC/C=C\C/C=C\C/C=C\C/C=C\C/C=C\CC)OC(=O)CCCCCCC/C=C\CCCCCC)OC(=O)CCCCCCCCCCCCCCC. The lowest BCUT2D eigenvalue weighted by Crippen LogP contribution is -2.30. The molecule has 0 rings (SSSR count). The molecule has 0 saturated carbocycles. The summed E-state index contributed by atoms with van der Waals surface area (Å²) in [6, 6.07) is 0. The fourth-order valence-corrected chi connectivity index (χ4v) is 11.8. The molecule has 0 aromatic carbocycles. The average Bonchev–Trinajstić information content (AvgIpc) is 0.913. The third-order valence-electron chi connectivity index (χ3n) is 16.3. The number of hydrogen-bond acceptors (Lipinski definition) is 15. The summed E-state index contributed by atoms with van der Waals surface area (Å²) in [5.74, 6) is -2.32. The van der Waals surface area contributed by atoms with Gasteiger partial charge in [0.05, 0.1) is 26.4 Å². The first-order valence-electron chi connectivity index (χ1n) is 40.1. The molecule has 594 valence electrons.